The molecule has 0 saturated heterocycles. The van der Waals surface area contributed by atoms with E-state index in [4.69, 9.17) is 10.5 Å². The number of amides is 1. The Kier molecular flexibility index (Phi) is 5.45. The van der Waals surface area contributed by atoms with Gasteiger partial charge >= 0.3 is 0 Å². The van der Waals surface area contributed by atoms with Gasteiger partial charge in [-0.05, 0) is 24.1 Å². The minimum atomic E-state index is -0.442. The van der Waals surface area contributed by atoms with Crippen LogP contribution in [-0.4, -0.2) is 30.6 Å². The van der Waals surface area contributed by atoms with Crippen molar-refractivity contribution >= 4 is 5.91 Å². The monoisotopic (exact) mass is 223 g/mol. The Balaban J connectivity index is 2.12. The lowest BCUT2D eigenvalue weighted by molar-refractivity contribution is -0.122. The number of carbonyl (C=O) groups is 1. The van der Waals surface area contributed by atoms with Crippen molar-refractivity contribution in [2.24, 2.45) is 5.73 Å². The van der Waals surface area contributed by atoms with E-state index in [1.54, 1.807) is 6.20 Å². The number of rotatable bonds is 7. The van der Waals surface area contributed by atoms with E-state index in [1.165, 1.54) is 5.56 Å². The molecule has 1 heterocycles. The van der Waals surface area contributed by atoms with Gasteiger partial charge < -0.3 is 15.8 Å². The molecule has 1 aromatic rings. The summed E-state index contributed by atoms with van der Waals surface area (Å²) in [7, 11) is 0. The van der Waals surface area contributed by atoms with E-state index in [2.05, 4.69) is 10.3 Å². The molecule has 0 saturated carbocycles. The Morgan fingerprint density at radius 2 is 2.44 bits per heavy atom. The lowest BCUT2D eigenvalue weighted by Crippen LogP contribution is -2.24. The quantitative estimate of drug-likeness (QED) is 0.637. The zero-order valence-electron chi connectivity index (χ0n) is 9.40. The van der Waals surface area contributed by atoms with Gasteiger partial charge in [0, 0.05) is 25.5 Å². The van der Waals surface area contributed by atoms with Crippen molar-refractivity contribution in [1.82, 2.24) is 10.3 Å². The molecule has 0 radical (unpaired) electrons. The SMILES string of the molecule is Cc1ccncc1CNCCOCC(N)=O. The van der Waals surface area contributed by atoms with Crippen LogP contribution < -0.4 is 11.1 Å². The van der Waals surface area contributed by atoms with Crippen molar-refractivity contribution in [3.63, 3.8) is 0 Å². The van der Waals surface area contributed by atoms with Gasteiger partial charge in [-0.15, -0.1) is 0 Å². The molecule has 0 unspecified atom stereocenters. The fraction of sp³-hybridized carbons (Fsp3) is 0.455. The second-order valence-electron chi connectivity index (χ2n) is 3.50. The smallest absolute Gasteiger partial charge is 0.243 e. The first-order valence-electron chi connectivity index (χ1n) is 5.16. The van der Waals surface area contributed by atoms with Gasteiger partial charge in [0.1, 0.15) is 6.61 Å². The summed E-state index contributed by atoms with van der Waals surface area (Å²) in [6, 6.07) is 1.97. The zero-order valence-corrected chi connectivity index (χ0v) is 9.40. The Morgan fingerprint density at radius 3 is 3.12 bits per heavy atom. The van der Waals surface area contributed by atoms with E-state index in [0.717, 1.165) is 12.1 Å². The second-order valence-corrected chi connectivity index (χ2v) is 3.50. The molecule has 0 fully saturated rings. The summed E-state index contributed by atoms with van der Waals surface area (Å²) in [5.41, 5.74) is 7.30. The number of hydrogen-bond acceptors (Lipinski definition) is 4. The maximum Gasteiger partial charge on any atom is 0.243 e. The average molecular weight is 223 g/mol. The molecule has 1 rings (SSSR count). The van der Waals surface area contributed by atoms with Crippen LogP contribution in [0.4, 0.5) is 0 Å². The normalized spacial score (nSPS) is 10.3. The van der Waals surface area contributed by atoms with E-state index < -0.39 is 5.91 Å². The number of carbonyl (C=O) groups excluding carboxylic acids is 1. The van der Waals surface area contributed by atoms with Crippen LogP contribution in [0.5, 0.6) is 0 Å². The number of pyridine rings is 1. The number of nitrogens with zero attached hydrogens (tertiary/aromatic N) is 1. The average Bonchev–Trinajstić information content (AvgIpc) is 2.25. The number of nitrogens with two attached hydrogens (primary N) is 1. The van der Waals surface area contributed by atoms with Crippen LogP contribution >= 0.6 is 0 Å². The Hall–Kier alpha value is -1.46. The molecule has 5 nitrogen and oxygen atoms in total. The number of ether oxygens (including phenoxy) is 1. The fourth-order valence-corrected chi connectivity index (χ4v) is 1.22. The summed E-state index contributed by atoms with van der Waals surface area (Å²) in [5.74, 6) is -0.442. The summed E-state index contributed by atoms with van der Waals surface area (Å²) in [6.07, 6.45) is 3.61. The molecule has 5 heteroatoms. The van der Waals surface area contributed by atoms with E-state index in [0.29, 0.717) is 13.2 Å². The number of aryl methyl sites for hydroxylation is 1. The van der Waals surface area contributed by atoms with Gasteiger partial charge in [-0.2, -0.15) is 0 Å². The summed E-state index contributed by atoms with van der Waals surface area (Å²) in [4.78, 5) is 14.4. The van der Waals surface area contributed by atoms with Crippen molar-refractivity contribution in [3.05, 3.63) is 29.6 Å². The van der Waals surface area contributed by atoms with Crippen LogP contribution in [0.15, 0.2) is 18.5 Å². The highest BCUT2D eigenvalue weighted by atomic mass is 16.5. The predicted molar refractivity (Wildman–Crippen MR) is 60.7 cm³/mol. The maximum atomic E-state index is 10.4. The standard InChI is InChI=1S/C11H17N3O2/c1-9-2-3-13-6-10(9)7-14-4-5-16-8-11(12)15/h2-3,6,14H,4-5,7-8H2,1H3,(H2,12,15). The molecule has 88 valence electrons. The third kappa shape index (κ3) is 4.86. The molecule has 0 aliphatic rings. The van der Waals surface area contributed by atoms with Crippen molar-refractivity contribution < 1.29 is 9.53 Å². The van der Waals surface area contributed by atoms with Crippen LogP contribution in [-0.2, 0) is 16.1 Å². The largest absolute Gasteiger partial charge is 0.370 e. The second kappa shape index (κ2) is 6.92. The number of primary amides is 1. The van der Waals surface area contributed by atoms with Gasteiger partial charge in [0.2, 0.25) is 5.91 Å². The molecule has 1 amide bonds. The molecule has 3 N–H and O–H groups in total. The van der Waals surface area contributed by atoms with E-state index >= 15 is 0 Å². The van der Waals surface area contributed by atoms with E-state index in [9.17, 15) is 4.79 Å². The highest BCUT2D eigenvalue weighted by Crippen LogP contribution is 2.03. The van der Waals surface area contributed by atoms with Crippen LogP contribution in [0.3, 0.4) is 0 Å². The fourth-order valence-electron chi connectivity index (χ4n) is 1.22. The van der Waals surface area contributed by atoms with E-state index in [1.807, 2.05) is 19.2 Å². The van der Waals surface area contributed by atoms with Gasteiger partial charge in [-0.3, -0.25) is 9.78 Å². The Bertz CT molecular complexity index is 342. The molecule has 0 spiro atoms. The summed E-state index contributed by atoms with van der Waals surface area (Å²) >= 11 is 0. The first-order chi connectivity index (χ1) is 7.70. The number of hydrogen-bond donors (Lipinski definition) is 2. The van der Waals surface area contributed by atoms with Gasteiger partial charge in [-0.1, -0.05) is 0 Å². The maximum absolute atomic E-state index is 10.4. The summed E-state index contributed by atoms with van der Waals surface area (Å²) in [5, 5.41) is 3.20. The molecule has 0 atom stereocenters. The van der Waals surface area contributed by atoms with Crippen molar-refractivity contribution in [2.75, 3.05) is 19.8 Å². The first-order valence-corrected chi connectivity index (χ1v) is 5.16. The lowest BCUT2D eigenvalue weighted by Gasteiger charge is -2.06. The topological polar surface area (TPSA) is 77.2 Å². The van der Waals surface area contributed by atoms with Crippen LogP contribution in [0, 0.1) is 6.92 Å². The summed E-state index contributed by atoms with van der Waals surface area (Å²) < 4.78 is 5.01. The molecule has 0 bridgehead atoms. The van der Waals surface area contributed by atoms with Gasteiger partial charge in [0.15, 0.2) is 0 Å². The Morgan fingerprint density at radius 1 is 1.62 bits per heavy atom. The van der Waals surface area contributed by atoms with Gasteiger partial charge in [-0.25, -0.2) is 0 Å². The highest BCUT2D eigenvalue weighted by Gasteiger charge is 1.97. The van der Waals surface area contributed by atoms with Crippen LogP contribution in [0.2, 0.25) is 0 Å². The molecule has 0 aromatic carbocycles. The third-order valence-corrected chi connectivity index (χ3v) is 2.13. The van der Waals surface area contributed by atoms with Crippen molar-refractivity contribution in [1.29, 1.82) is 0 Å². The van der Waals surface area contributed by atoms with E-state index in [-0.39, 0.29) is 6.61 Å². The van der Waals surface area contributed by atoms with Crippen LogP contribution in [0.25, 0.3) is 0 Å². The minimum Gasteiger partial charge on any atom is -0.370 e. The third-order valence-electron chi connectivity index (χ3n) is 2.13. The molecule has 1 aromatic heterocycles. The molecule has 16 heavy (non-hydrogen) atoms. The van der Waals surface area contributed by atoms with Gasteiger partial charge in [0.25, 0.3) is 0 Å². The predicted octanol–water partition coefficient (Wildman–Crippen LogP) is -0.0185. The molecular formula is C11H17N3O2. The van der Waals surface area contributed by atoms with Crippen molar-refractivity contribution in [2.45, 2.75) is 13.5 Å². The number of nitrogens with one attached hydrogen (secondary N) is 1. The van der Waals surface area contributed by atoms with Gasteiger partial charge in [0.05, 0.1) is 6.61 Å². The Labute approximate surface area is 95.0 Å². The van der Waals surface area contributed by atoms with Crippen molar-refractivity contribution in [3.8, 4) is 0 Å². The lowest BCUT2D eigenvalue weighted by atomic mass is 10.2. The molecular weight excluding hydrogens is 206 g/mol. The highest BCUT2D eigenvalue weighted by molar-refractivity contribution is 5.74. The minimum absolute atomic E-state index is 0.0202. The molecule has 0 aliphatic carbocycles. The zero-order chi connectivity index (χ0) is 11.8. The number of aromatic nitrogens is 1. The van der Waals surface area contributed by atoms with Crippen LogP contribution in [0.1, 0.15) is 11.1 Å². The first kappa shape index (κ1) is 12.6. The molecule has 0 aliphatic heterocycles. The summed E-state index contributed by atoms with van der Waals surface area (Å²) in [6.45, 7) is 3.93.